The summed E-state index contributed by atoms with van der Waals surface area (Å²) in [6.07, 6.45) is 5.04. The van der Waals surface area contributed by atoms with Gasteiger partial charge >= 0.3 is 6.01 Å². The molecule has 0 N–H and O–H groups in total. The van der Waals surface area contributed by atoms with Crippen molar-refractivity contribution in [1.82, 2.24) is 14.9 Å². The van der Waals surface area contributed by atoms with Crippen LogP contribution in [0.1, 0.15) is 30.5 Å². The Kier molecular flexibility index (Phi) is 4.69. The molecule has 1 aliphatic carbocycles. The molecule has 1 aromatic rings. The zero-order chi connectivity index (χ0) is 13.7. The summed E-state index contributed by atoms with van der Waals surface area (Å²) in [6, 6.07) is 2.63. The van der Waals surface area contributed by atoms with Gasteiger partial charge in [-0.3, -0.25) is 4.90 Å². The Morgan fingerprint density at radius 3 is 2.89 bits per heavy atom. The predicted octanol–water partition coefficient (Wildman–Crippen LogP) is 1.92. The second kappa shape index (κ2) is 6.48. The highest BCUT2D eigenvalue weighted by Crippen LogP contribution is 2.30. The standard InChI is InChI=1S/C14H20N4O/c1-11-13(8-16-14(17-11)19-2)10-18(7-3-6-15)9-12-4-5-12/h8,12H,3-5,7,9-10H2,1-2H3. The van der Waals surface area contributed by atoms with Gasteiger partial charge in [0.15, 0.2) is 0 Å². The van der Waals surface area contributed by atoms with E-state index >= 15 is 0 Å². The van der Waals surface area contributed by atoms with Crippen LogP contribution in [0.15, 0.2) is 6.20 Å². The molecule has 0 atom stereocenters. The molecular weight excluding hydrogens is 240 g/mol. The van der Waals surface area contributed by atoms with E-state index in [0.717, 1.165) is 36.8 Å². The van der Waals surface area contributed by atoms with E-state index in [1.165, 1.54) is 12.8 Å². The average Bonchev–Trinajstić information content (AvgIpc) is 3.22. The summed E-state index contributed by atoms with van der Waals surface area (Å²) in [5, 5.41) is 8.74. The second-order valence-corrected chi connectivity index (χ2v) is 5.05. The molecule has 0 bridgehead atoms. The number of aromatic nitrogens is 2. The minimum absolute atomic E-state index is 0.409. The maximum atomic E-state index is 8.74. The lowest BCUT2D eigenvalue weighted by Gasteiger charge is -2.21. The number of rotatable bonds is 7. The topological polar surface area (TPSA) is 62.0 Å². The van der Waals surface area contributed by atoms with Crippen molar-refractivity contribution < 1.29 is 4.74 Å². The van der Waals surface area contributed by atoms with E-state index in [4.69, 9.17) is 10.00 Å². The van der Waals surface area contributed by atoms with E-state index in [-0.39, 0.29) is 0 Å². The molecule has 0 aromatic carbocycles. The van der Waals surface area contributed by atoms with Gasteiger partial charge in [0.2, 0.25) is 0 Å². The highest BCUT2D eigenvalue weighted by Gasteiger charge is 2.24. The molecule has 1 fully saturated rings. The Morgan fingerprint density at radius 2 is 2.32 bits per heavy atom. The SMILES string of the molecule is COc1ncc(CN(CCC#N)CC2CC2)c(C)n1. The van der Waals surface area contributed by atoms with Crippen LogP contribution >= 0.6 is 0 Å². The summed E-state index contributed by atoms with van der Waals surface area (Å²) < 4.78 is 5.02. The minimum Gasteiger partial charge on any atom is -0.467 e. The lowest BCUT2D eigenvalue weighted by molar-refractivity contribution is 0.258. The average molecular weight is 260 g/mol. The Morgan fingerprint density at radius 1 is 1.53 bits per heavy atom. The summed E-state index contributed by atoms with van der Waals surface area (Å²) in [6.45, 7) is 4.68. The molecule has 0 unspecified atom stereocenters. The van der Waals surface area contributed by atoms with Crippen molar-refractivity contribution in [3.63, 3.8) is 0 Å². The fraction of sp³-hybridized carbons (Fsp3) is 0.643. The lowest BCUT2D eigenvalue weighted by Crippen LogP contribution is -2.27. The monoisotopic (exact) mass is 260 g/mol. The third kappa shape index (κ3) is 4.18. The van der Waals surface area contributed by atoms with Crippen molar-refractivity contribution in [3.8, 4) is 12.1 Å². The van der Waals surface area contributed by atoms with Gasteiger partial charge in [-0.25, -0.2) is 9.97 Å². The Balaban J connectivity index is 2.00. The third-order valence-corrected chi connectivity index (χ3v) is 3.39. The fourth-order valence-corrected chi connectivity index (χ4v) is 2.07. The van der Waals surface area contributed by atoms with Crippen molar-refractivity contribution in [2.45, 2.75) is 32.7 Å². The van der Waals surface area contributed by atoms with Crippen LogP contribution in [0.3, 0.4) is 0 Å². The van der Waals surface area contributed by atoms with E-state index in [1.807, 2.05) is 13.1 Å². The molecule has 19 heavy (non-hydrogen) atoms. The molecule has 0 radical (unpaired) electrons. The van der Waals surface area contributed by atoms with E-state index in [0.29, 0.717) is 12.4 Å². The molecule has 102 valence electrons. The summed E-state index contributed by atoms with van der Waals surface area (Å²) in [7, 11) is 1.57. The van der Waals surface area contributed by atoms with Gasteiger partial charge in [0.05, 0.1) is 13.2 Å². The van der Waals surface area contributed by atoms with Gasteiger partial charge < -0.3 is 4.74 Å². The van der Waals surface area contributed by atoms with Crippen LogP contribution < -0.4 is 4.74 Å². The van der Waals surface area contributed by atoms with Crippen molar-refractivity contribution >= 4 is 0 Å². The van der Waals surface area contributed by atoms with Gasteiger partial charge in [0.25, 0.3) is 0 Å². The second-order valence-electron chi connectivity index (χ2n) is 5.05. The summed E-state index contributed by atoms with van der Waals surface area (Å²) in [5.74, 6) is 0.818. The van der Waals surface area contributed by atoms with Gasteiger partial charge in [-0.1, -0.05) is 0 Å². The number of hydrogen-bond acceptors (Lipinski definition) is 5. The molecule has 0 aliphatic heterocycles. The number of hydrogen-bond donors (Lipinski definition) is 0. The van der Waals surface area contributed by atoms with Crippen LogP contribution in [-0.4, -0.2) is 35.1 Å². The van der Waals surface area contributed by atoms with E-state index in [9.17, 15) is 0 Å². The normalized spacial score (nSPS) is 14.4. The summed E-state index contributed by atoms with van der Waals surface area (Å²) in [5.41, 5.74) is 2.06. The third-order valence-electron chi connectivity index (χ3n) is 3.39. The summed E-state index contributed by atoms with van der Waals surface area (Å²) >= 11 is 0. The van der Waals surface area contributed by atoms with E-state index in [1.54, 1.807) is 7.11 Å². The highest BCUT2D eigenvalue weighted by atomic mass is 16.5. The molecule has 1 heterocycles. The first-order chi connectivity index (χ1) is 9.22. The Labute approximate surface area is 114 Å². The van der Waals surface area contributed by atoms with Crippen LogP contribution in [0.4, 0.5) is 0 Å². The van der Waals surface area contributed by atoms with Crippen LogP contribution in [0.25, 0.3) is 0 Å². The first-order valence-corrected chi connectivity index (χ1v) is 6.68. The first kappa shape index (κ1) is 13.8. The van der Waals surface area contributed by atoms with Gasteiger partial charge in [0.1, 0.15) is 0 Å². The van der Waals surface area contributed by atoms with E-state index in [2.05, 4.69) is 20.9 Å². The van der Waals surface area contributed by atoms with Crippen molar-refractivity contribution in [2.24, 2.45) is 5.92 Å². The summed E-state index contributed by atoms with van der Waals surface area (Å²) in [4.78, 5) is 10.8. The predicted molar refractivity (Wildman–Crippen MR) is 71.6 cm³/mol. The maximum absolute atomic E-state index is 8.74. The van der Waals surface area contributed by atoms with Crippen molar-refractivity contribution in [2.75, 3.05) is 20.2 Å². The quantitative estimate of drug-likeness (QED) is 0.749. The van der Waals surface area contributed by atoms with Gasteiger partial charge in [0, 0.05) is 43.5 Å². The smallest absolute Gasteiger partial charge is 0.316 e. The number of methoxy groups -OCH3 is 1. The number of nitriles is 1. The molecule has 2 rings (SSSR count). The zero-order valence-electron chi connectivity index (χ0n) is 11.6. The van der Waals surface area contributed by atoms with Crippen molar-refractivity contribution in [1.29, 1.82) is 5.26 Å². The van der Waals surface area contributed by atoms with Gasteiger partial charge in [-0.2, -0.15) is 5.26 Å². The largest absolute Gasteiger partial charge is 0.467 e. The molecule has 1 aromatic heterocycles. The lowest BCUT2D eigenvalue weighted by atomic mass is 10.2. The van der Waals surface area contributed by atoms with E-state index < -0.39 is 0 Å². The molecule has 5 nitrogen and oxygen atoms in total. The van der Waals surface area contributed by atoms with Gasteiger partial charge in [-0.05, 0) is 25.7 Å². The molecule has 0 amide bonds. The number of aryl methyl sites for hydroxylation is 1. The maximum Gasteiger partial charge on any atom is 0.316 e. The number of nitrogens with zero attached hydrogens (tertiary/aromatic N) is 4. The minimum atomic E-state index is 0.409. The number of ether oxygens (including phenoxy) is 1. The van der Waals surface area contributed by atoms with Crippen LogP contribution in [0.2, 0.25) is 0 Å². The molecule has 5 heteroatoms. The molecule has 1 aliphatic rings. The van der Waals surface area contributed by atoms with Crippen LogP contribution in [0, 0.1) is 24.2 Å². The molecule has 0 saturated heterocycles. The first-order valence-electron chi connectivity index (χ1n) is 6.68. The van der Waals surface area contributed by atoms with Crippen LogP contribution in [0.5, 0.6) is 6.01 Å². The zero-order valence-corrected chi connectivity index (χ0v) is 11.6. The Bertz CT molecular complexity index is 465. The highest BCUT2D eigenvalue weighted by molar-refractivity contribution is 5.17. The Hall–Kier alpha value is -1.67. The van der Waals surface area contributed by atoms with Gasteiger partial charge in [-0.15, -0.1) is 0 Å². The fourth-order valence-electron chi connectivity index (χ4n) is 2.07. The molecule has 1 saturated carbocycles. The molecule has 0 spiro atoms. The molecular formula is C14H20N4O. The van der Waals surface area contributed by atoms with Crippen LogP contribution in [-0.2, 0) is 6.54 Å². The van der Waals surface area contributed by atoms with Crippen molar-refractivity contribution in [3.05, 3.63) is 17.5 Å².